The van der Waals surface area contributed by atoms with Crippen LogP contribution in [0.2, 0.25) is 0 Å². The van der Waals surface area contributed by atoms with Gasteiger partial charge in [-0.25, -0.2) is 8.78 Å². The van der Waals surface area contributed by atoms with Crippen molar-refractivity contribution in [2.45, 2.75) is 0 Å². The van der Waals surface area contributed by atoms with E-state index in [4.69, 9.17) is 5.73 Å². The van der Waals surface area contributed by atoms with Crippen LogP contribution in [0.15, 0.2) is 23.1 Å². The van der Waals surface area contributed by atoms with Gasteiger partial charge in [-0.1, -0.05) is 0 Å². The number of pyridine rings is 1. The van der Waals surface area contributed by atoms with Crippen molar-refractivity contribution >= 4 is 16.7 Å². The Labute approximate surface area is 134 Å². The van der Waals surface area contributed by atoms with Gasteiger partial charge in [0.2, 0.25) is 0 Å². The third-order valence-electron chi connectivity index (χ3n) is 3.80. The van der Waals surface area contributed by atoms with E-state index in [1.807, 2.05) is 0 Å². The van der Waals surface area contributed by atoms with Crippen LogP contribution in [0.25, 0.3) is 22.0 Å². The number of hydrogen-bond donors (Lipinski definition) is 2. The molecular formula is C16H9F2N5O. The molecule has 0 spiro atoms. The summed E-state index contributed by atoms with van der Waals surface area (Å²) in [5, 5.41) is 18.6. The quantitative estimate of drug-likeness (QED) is 0.714. The maximum Gasteiger partial charge on any atom is 0.268 e. The molecule has 0 amide bonds. The Morgan fingerprint density at radius 2 is 1.88 bits per heavy atom. The van der Waals surface area contributed by atoms with Crippen LogP contribution in [0.4, 0.5) is 14.6 Å². The largest absolute Gasteiger partial charge is 0.384 e. The van der Waals surface area contributed by atoms with Gasteiger partial charge in [-0.3, -0.25) is 4.79 Å². The van der Waals surface area contributed by atoms with Gasteiger partial charge in [-0.2, -0.15) is 10.5 Å². The smallest absolute Gasteiger partial charge is 0.268 e. The Morgan fingerprint density at radius 3 is 2.50 bits per heavy atom. The number of nitrogens with two attached hydrogens (primary N) is 1. The highest BCUT2D eigenvalue weighted by atomic mass is 19.1. The molecule has 3 N–H and O–H groups in total. The molecule has 0 saturated carbocycles. The number of rotatable bonds is 1. The summed E-state index contributed by atoms with van der Waals surface area (Å²) < 4.78 is 31.0. The van der Waals surface area contributed by atoms with Crippen LogP contribution in [0.3, 0.4) is 0 Å². The van der Waals surface area contributed by atoms with Crippen LogP contribution >= 0.6 is 0 Å². The second kappa shape index (κ2) is 5.21. The zero-order valence-electron chi connectivity index (χ0n) is 12.3. The van der Waals surface area contributed by atoms with Crippen molar-refractivity contribution in [2.24, 2.45) is 7.05 Å². The van der Waals surface area contributed by atoms with E-state index in [1.54, 1.807) is 25.4 Å². The fourth-order valence-corrected chi connectivity index (χ4v) is 2.66. The number of nitriles is 2. The van der Waals surface area contributed by atoms with Crippen LogP contribution < -0.4 is 11.3 Å². The Balaban J connectivity index is 2.57. The molecule has 1 aromatic carbocycles. The van der Waals surface area contributed by atoms with E-state index in [9.17, 15) is 24.1 Å². The highest BCUT2D eigenvalue weighted by Crippen LogP contribution is 2.36. The predicted molar refractivity (Wildman–Crippen MR) is 82.7 cm³/mol. The second-order valence-electron chi connectivity index (χ2n) is 5.12. The number of benzene rings is 1. The number of anilines is 1. The highest BCUT2D eigenvalue weighted by Gasteiger charge is 2.25. The second-order valence-corrected chi connectivity index (χ2v) is 5.12. The fourth-order valence-electron chi connectivity index (χ4n) is 2.66. The van der Waals surface area contributed by atoms with Crippen molar-refractivity contribution < 1.29 is 8.78 Å². The number of nitrogens with zero attached hydrogens (tertiary/aromatic N) is 3. The number of H-pyrrole nitrogens is 1. The summed E-state index contributed by atoms with van der Waals surface area (Å²) >= 11 is 0. The van der Waals surface area contributed by atoms with E-state index in [0.29, 0.717) is 5.52 Å². The molecule has 0 fully saturated rings. The topological polar surface area (TPSA) is 111 Å². The first-order valence-corrected chi connectivity index (χ1v) is 6.70. The van der Waals surface area contributed by atoms with Gasteiger partial charge >= 0.3 is 0 Å². The normalized spacial score (nSPS) is 10.5. The molecule has 2 heterocycles. The molecule has 0 aliphatic rings. The molecule has 0 saturated heterocycles. The zero-order chi connectivity index (χ0) is 17.6. The fraction of sp³-hybridized carbons (Fsp3) is 0.0625. The minimum Gasteiger partial charge on any atom is -0.384 e. The molecular weight excluding hydrogens is 316 g/mol. The van der Waals surface area contributed by atoms with Gasteiger partial charge in [0, 0.05) is 24.2 Å². The van der Waals surface area contributed by atoms with Crippen molar-refractivity contribution in [3.8, 4) is 23.3 Å². The van der Waals surface area contributed by atoms with Crippen LogP contribution in [0.5, 0.6) is 0 Å². The third kappa shape index (κ3) is 1.94. The number of aromatic amines is 1. The molecule has 0 unspecified atom stereocenters. The molecule has 6 nitrogen and oxygen atoms in total. The van der Waals surface area contributed by atoms with E-state index in [0.717, 1.165) is 6.07 Å². The van der Waals surface area contributed by atoms with Gasteiger partial charge in [0.1, 0.15) is 40.7 Å². The number of hydrogen-bond acceptors (Lipinski definition) is 4. The van der Waals surface area contributed by atoms with E-state index in [-0.39, 0.29) is 16.8 Å². The minimum atomic E-state index is -1.00. The van der Waals surface area contributed by atoms with E-state index in [2.05, 4.69) is 4.98 Å². The molecule has 0 aliphatic heterocycles. The molecule has 0 aliphatic carbocycles. The first-order valence-electron chi connectivity index (χ1n) is 6.70. The maximum absolute atomic E-state index is 14.9. The lowest BCUT2D eigenvalue weighted by atomic mass is 9.94. The molecule has 3 aromatic rings. The molecule has 0 bridgehead atoms. The minimum absolute atomic E-state index is 0.0977. The summed E-state index contributed by atoms with van der Waals surface area (Å²) in [4.78, 5) is 14.0. The van der Waals surface area contributed by atoms with Gasteiger partial charge in [0.15, 0.2) is 0 Å². The average molecular weight is 325 g/mol. The van der Waals surface area contributed by atoms with Crippen LogP contribution in [0, 0.1) is 34.3 Å². The summed E-state index contributed by atoms with van der Waals surface area (Å²) in [6.45, 7) is 0. The standard InChI is InChI=1S/C16H9F2N5O/c1-23-3-2-7-11(23)4-10(17)13(14(7)18)12-8(5-19)15(21)22-16(24)9(12)6-20/h2-4H,1H3,(H3,21,22,24). The van der Waals surface area contributed by atoms with Gasteiger partial charge in [0.25, 0.3) is 5.56 Å². The summed E-state index contributed by atoms with van der Waals surface area (Å²) in [6, 6.07) is 5.78. The highest BCUT2D eigenvalue weighted by molar-refractivity contribution is 5.90. The molecule has 118 valence electrons. The van der Waals surface area contributed by atoms with Crippen molar-refractivity contribution in [1.82, 2.24) is 9.55 Å². The van der Waals surface area contributed by atoms with Gasteiger partial charge in [-0.15, -0.1) is 0 Å². The third-order valence-corrected chi connectivity index (χ3v) is 3.80. The molecule has 24 heavy (non-hydrogen) atoms. The van der Waals surface area contributed by atoms with E-state index in [1.165, 1.54) is 10.6 Å². The number of fused-ring (bicyclic) bond motifs is 1. The summed E-state index contributed by atoms with van der Waals surface area (Å²) in [5.41, 5.74) is 2.94. The van der Waals surface area contributed by atoms with E-state index >= 15 is 0 Å². The lowest BCUT2D eigenvalue weighted by Gasteiger charge is -2.12. The maximum atomic E-state index is 14.9. The van der Waals surface area contributed by atoms with Gasteiger partial charge in [-0.05, 0) is 12.1 Å². The first kappa shape index (κ1) is 15.3. The average Bonchev–Trinajstić information content (AvgIpc) is 2.89. The Bertz CT molecular complexity index is 1140. The summed E-state index contributed by atoms with van der Waals surface area (Å²) in [6.07, 6.45) is 1.54. The molecule has 2 aromatic heterocycles. The number of nitrogen functional groups attached to an aromatic ring is 1. The van der Waals surface area contributed by atoms with Crippen molar-refractivity contribution in [1.29, 1.82) is 10.5 Å². The lowest BCUT2D eigenvalue weighted by molar-refractivity contribution is 0.597. The molecule has 8 heteroatoms. The molecule has 0 radical (unpaired) electrons. The van der Waals surface area contributed by atoms with Crippen LogP contribution in [-0.4, -0.2) is 9.55 Å². The SMILES string of the molecule is Cn1ccc2c(F)c(-c3c(C#N)c(N)[nH]c(=O)c3C#N)c(F)cc21. The summed E-state index contributed by atoms with van der Waals surface area (Å²) in [5.74, 6) is -2.33. The van der Waals surface area contributed by atoms with Gasteiger partial charge < -0.3 is 15.3 Å². The van der Waals surface area contributed by atoms with Crippen molar-refractivity contribution in [3.05, 3.63) is 51.4 Å². The Kier molecular flexibility index (Phi) is 3.31. The Morgan fingerprint density at radius 1 is 1.21 bits per heavy atom. The Hall–Kier alpha value is -3.65. The zero-order valence-corrected chi connectivity index (χ0v) is 12.3. The predicted octanol–water partition coefficient (Wildman–Crippen LogP) is 2.14. The molecule has 0 atom stereocenters. The van der Waals surface area contributed by atoms with Gasteiger partial charge in [0.05, 0.1) is 11.1 Å². The number of aryl methyl sites for hydroxylation is 1. The van der Waals surface area contributed by atoms with Crippen molar-refractivity contribution in [2.75, 3.05) is 5.73 Å². The van der Waals surface area contributed by atoms with Crippen molar-refractivity contribution in [3.63, 3.8) is 0 Å². The number of nitrogens with one attached hydrogen (secondary N) is 1. The lowest BCUT2D eigenvalue weighted by Crippen LogP contribution is -2.17. The van der Waals surface area contributed by atoms with Crippen LogP contribution in [0.1, 0.15) is 11.1 Å². The summed E-state index contributed by atoms with van der Waals surface area (Å²) in [7, 11) is 1.62. The molecule has 3 rings (SSSR count). The monoisotopic (exact) mass is 325 g/mol. The number of aromatic nitrogens is 2. The number of halogens is 2. The van der Waals surface area contributed by atoms with E-state index < -0.39 is 33.9 Å². The first-order chi connectivity index (χ1) is 11.4. The van der Waals surface area contributed by atoms with Crippen LogP contribution in [-0.2, 0) is 7.05 Å².